The number of ether oxygens (including phenoxy) is 1. The van der Waals surface area contributed by atoms with Crippen LogP contribution in [0.3, 0.4) is 0 Å². The molecule has 0 unspecified atom stereocenters. The Kier molecular flexibility index (Phi) is 6.70. The summed E-state index contributed by atoms with van der Waals surface area (Å²) in [6, 6.07) is 6.34. The summed E-state index contributed by atoms with van der Waals surface area (Å²) < 4.78 is 12.0. The van der Waals surface area contributed by atoms with E-state index in [0.29, 0.717) is 6.42 Å². The molecule has 0 N–H and O–H groups in total. The molecular weight excluding hydrogens is 302 g/mol. The van der Waals surface area contributed by atoms with Gasteiger partial charge in [-0.15, -0.1) is 0 Å². The Morgan fingerprint density at radius 1 is 1.17 bits per heavy atom. The third kappa shape index (κ3) is 5.28. The van der Waals surface area contributed by atoms with E-state index >= 15 is 0 Å². The molecule has 0 saturated carbocycles. The van der Waals surface area contributed by atoms with Gasteiger partial charge in [0.25, 0.3) is 8.32 Å². The Hall–Kier alpha value is -1.47. The van der Waals surface area contributed by atoms with Crippen molar-refractivity contribution >= 4 is 8.32 Å². The number of rotatable bonds is 7. The van der Waals surface area contributed by atoms with Crippen molar-refractivity contribution in [1.82, 2.24) is 0 Å². The van der Waals surface area contributed by atoms with Gasteiger partial charge < -0.3 is 9.16 Å². The summed E-state index contributed by atoms with van der Waals surface area (Å²) in [6.07, 6.45) is 3.45. The maximum atomic E-state index is 8.70. The highest BCUT2D eigenvalue weighted by atomic mass is 28.4. The minimum absolute atomic E-state index is 0.164. The van der Waals surface area contributed by atoms with Gasteiger partial charge in [0.15, 0.2) is 0 Å². The van der Waals surface area contributed by atoms with E-state index in [2.05, 4.69) is 52.9 Å². The predicted octanol–water partition coefficient (Wildman–Crippen LogP) is 5.62. The molecule has 23 heavy (non-hydrogen) atoms. The number of hydrogen-bond donors (Lipinski definition) is 0. The van der Waals surface area contributed by atoms with Gasteiger partial charge in [-0.2, -0.15) is 5.26 Å². The quantitative estimate of drug-likeness (QED) is 0.480. The second kappa shape index (κ2) is 7.87. The van der Waals surface area contributed by atoms with Crippen molar-refractivity contribution in [2.75, 3.05) is 7.11 Å². The molecular formula is C19H31NO2Si. The Labute approximate surface area is 142 Å². The van der Waals surface area contributed by atoms with E-state index in [4.69, 9.17) is 14.4 Å². The molecule has 0 heterocycles. The van der Waals surface area contributed by atoms with Crippen molar-refractivity contribution in [3.05, 3.63) is 23.3 Å². The van der Waals surface area contributed by atoms with Crippen LogP contribution < -0.4 is 9.16 Å². The number of nitriles is 1. The lowest BCUT2D eigenvalue weighted by molar-refractivity contribution is 0.411. The lowest BCUT2D eigenvalue weighted by Gasteiger charge is -2.37. The third-order valence-corrected chi connectivity index (χ3v) is 9.04. The molecule has 4 heteroatoms. The zero-order chi connectivity index (χ0) is 17.7. The maximum Gasteiger partial charge on any atom is 0.250 e. The highest BCUT2D eigenvalue weighted by Crippen LogP contribution is 2.40. The molecule has 0 spiro atoms. The maximum absolute atomic E-state index is 8.70. The molecule has 0 radical (unpaired) electrons. The van der Waals surface area contributed by atoms with E-state index in [9.17, 15) is 0 Å². The predicted molar refractivity (Wildman–Crippen MR) is 98.7 cm³/mol. The largest absolute Gasteiger partial charge is 0.543 e. The second-order valence-electron chi connectivity index (χ2n) is 7.66. The van der Waals surface area contributed by atoms with E-state index in [0.717, 1.165) is 36.3 Å². The summed E-state index contributed by atoms with van der Waals surface area (Å²) in [6.45, 7) is 13.4. The van der Waals surface area contributed by atoms with Crippen molar-refractivity contribution in [3.8, 4) is 17.6 Å². The monoisotopic (exact) mass is 333 g/mol. The molecule has 1 aromatic carbocycles. The molecule has 0 aliphatic heterocycles. The smallest absolute Gasteiger partial charge is 0.250 e. The molecule has 0 bridgehead atoms. The van der Waals surface area contributed by atoms with Gasteiger partial charge in [-0.3, -0.25) is 0 Å². The van der Waals surface area contributed by atoms with Crippen molar-refractivity contribution in [3.63, 3.8) is 0 Å². The molecule has 0 aromatic heterocycles. The van der Waals surface area contributed by atoms with Crippen LogP contribution in [0, 0.1) is 18.3 Å². The normalized spacial score (nSPS) is 11.9. The van der Waals surface area contributed by atoms with Gasteiger partial charge in [0.05, 0.1) is 13.2 Å². The fourth-order valence-electron chi connectivity index (χ4n) is 2.19. The molecule has 3 nitrogen and oxygen atoms in total. The van der Waals surface area contributed by atoms with E-state index in [1.165, 1.54) is 5.56 Å². The van der Waals surface area contributed by atoms with Gasteiger partial charge in [0.1, 0.15) is 11.5 Å². The Bertz CT molecular complexity index is 568. The summed E-state index contributed by atoms with van der Waals surface area (Å²) in [5.74, 6) is 1.90. The zero-order valence-electron chi connectivity index (χ0n) is 15.7. The van der Waals surface area contributed by atoms with Crippen LogP contribution in [-0.4, -0.2) is 15.4 Å². The van der Waals surface area contributed by atoms with Gasteiger partial charge in [-0.25, -0.2) is 0 Å². The van der Waals surface area contributed by atoms with Gasteiger partial charge in [-0.1, -0.05) is 20.8 Å². The van der Waals surface area contributed by atoms with Gasteiger partial charge in [0.2, 0.25) is 0 Å². The van der Waals surface area contributed by atoms with Crippen molar-refractivity contribution in [2.45, 2.75) is 71.5 Å². The first-order valence-corrected chi connectivity index (χ1v) is 11.3. The topological polar surface area (TPSA) is 42.2 Å². The van der Waals surface area contributed by atoms with Crippen LogP contribution in [0.2, 0.25) is 18.1 Å². The minimum Gasteiger partial charge on any atom is -0.543 e. The second-order valence-corrected chi connectivity index (χ2v) is 12.4. The van der Waals surface area contributed by atoms with Crippen LogP contribution in [0.15, 0.2) is 12.1 Å². The Balaban J connectivity index is 3.11. The third-order valence-electron chi connectivity index (χ3n) is 4.71. The average molecular weight is 334 g/mol. The van der Waals surface area contributed by atoms with Crippen LogP contribution in [0.4, 0.5) is 0 Å². The molecule has 0 aliphatic carbocycles. The fourth-order valence-corrected chi connectivity index (χ4v) is 3.30. The number of nitrogens with zero attached hydrogens (tertiary/aromatic N) is 1. The average Bonchev–Trinajstić information content (AvgIpc) is 2.45. The van der Waals surface area contributed by atoms with Crippen LogP contribution >= 0.6 is 0 Å². The standard InChI is InChI=1S/C19H31NO2Si/c1-15-13-17(21-5)14-16(11-9-8-10-12-20)18(15)22-23(6,7)19(2,3)4/h13-14H,8-11H2,1-7H3. The van der Waals surface area contributed by atoms with E-state index in [1.807, 2.05) is 6.07 Å². The van der Waals surface area contributed by atoms with Gasteiger partial charge in [0, 0.05) is 6.42 Å². The zero-order valence-corrected chi connectivity index (χ0v) is 16.7. The SMILES string of the molecule is COc1cc(C)c(O[Si](C)(C)C(C)(C)C)c(CCCCC#N)c1. The molecule has 0 atom stereocenters. The van der Waals surface area contributed by atoms with Crippen molar-refractivity contribution in [2.24, 2.45) is 0 Å². The van der Waals surface area contributed by atoms with Crippen LogP contribution in [0.1, 0.15) is 51.2 Å². The first-order chi connectivity index (χ1) is 10.6. The summed E-state index contributed by atoms with van der Waals surface area (Å²) in [5, 5.41) is 8.86. The Morgan fingerprint density at radius 2 is 1.83 bits per heavy atom. The Morgan fingerprint density at radius 3 is 2.35 bits per heavy atom. The number of methoxy groups -OCH3 is 1. The number of benzene rings is 1. The van der Waals surface area contributed by atoms with Gasteiger partial charge in [-0.05, 0) is 67.6 Å². The lowest BCUT2D eigenvalue weighted by atomic mass is 10.0. The molecule has 0 fully saturated rings. The molecule has 1 rings (SSSR count). The number of unbranched alkanes of at least 4 members (excludes halogenated alkanes) is 2. The number of aryl methyl sites for hydroxylation is 2. The summed E-state index contributed by atoms with van der Waals surface area (Å²) in [7, 11) is -0.187. The fraction of sp³-hybridized carbons (Fsp3) is 0.632. The van der Waals surface area contributed by atoms with Crippen molar-refractivity contribution < 1.29 is 9.16 Å². The van der Waals surface area contributed by atoms with E-state index < -0.39 is 8.32 Å². The highest BCUT2D eigenvalue weighted by molar-refractivity contribution is 6.74. The van der Waals surface area contributed by atoms with E-state index in [-0.39, 0.29) is 5.04 Å². The van der Waals surface area contributed by atoms with E-state index in [1.54, 1.807) is 7.11 Å². The van der Waals surface area contributed by atoms with Crippen molar-refractivity contribution in [1.29, 1.82) is 5.26 Å². The van der Waals surface area contributed by atoms with Crippen LogP contribution in [0.25, 0.3) is 0 Å². The minimum atomic E-state index is -1.88. The molecule has 128 valence electrons. The number of hydrogen-bond acceptors (Lipinski definition) is 3. The molecule has 0 aliphatic rings. The van der Waals surface area contributed by atoms with Crippen LogP contribution in [-0.2, 0) is 6.42 Å². The lowest BCUT2D eigenvalue weighted by Crippen LogP contribution is -2.44. The highest BCUT2D eigenvalue weighted by Gasteiger charge is 2.39. The summed E-state index contributed by atoms with van der Waals surface area (Å²) >= 11 is 0. The van der Waals surface area contributed by atoms with Crippen LogP contribution in [0.5, 0.6) is 11.5 Å². The summed E-state index contributed by atoms with van der Waals surface area (Å²) in [5.41, 5.74) is 2.33. The molecule has 0 amide bonds. The molecule has 1 aromatic rings. The molecule has 0 saturated heterocycles. The first kappa shape index (κ1) is 19.6. The summed E-state index contributed by atoms with van der Waals surface area (Å²) in [4.78, 5) is 0. The first-order valence-electron chi connectivity index (χ1n) is 8.36. The van der Waals surface area contributed by atoms with Gasteiger partial charge >= 0.3 is 0 Å².